The van der Waals surface area contributed by atoms with Gasteiger partial charge in [0.05, 0.1) is 17.6 Å². The van der Waals surface area contributed by atoms with Gasteiger partial charge in [-0.25, -0.2) is 13.1 Å². The number of halogens is 3. The monoisotopic (exact) mass is 444 g/mol. The van der Waals surface area contributed by atoms with E-state index in [0.29, 0.717) is 12.3 Å². The highest BCUT2D eigenvalue weighted by atomic mass is 32.2. The van der Waals surface area contributed by atoms with Gasteiger partial charge in [0.2, 0.25) is 10.0 Å². The third-order valence-corrected chi connectivity index (χ3v) is 6.38. The van der Waals surface area contributed by atoms with Crippen molar-refractivity contribution in [3.8, 4) is 11.5 Å². The minimum Gasteiger partial charge on any atom is -0.497 e. The van der Waals surface area contributed by atoms with Gasteiger partial charge in [-0.3, -0.25) is 0 Å². The van der Waals surface area contributed by atoms with Crippen LogP contribution in [0.1, 0.15) is 12.0 Å². The van der Waals surface area contributed by atoms with Crippen LogP contribution in [0.4, 0.5) is 13.2 Å². The maximum absolute atomic E-state index is 12.8. The molecule has 1 fully saturated rings. The van der Waals surface area contributed by atoms with Crippen molar-refractivity contribution >= 4 is 10.0 Å². The van der Waals surface area contributed by atoms with Gasteiger partial charge in [-0.1, -0.05) is 0 Å². The van der Waals surface area contributed by atoms with E-state index in [-0.39, 0.29) is 23.1 Å². The summed E-state index contributed by atoms with van der Waals surface area (Å²) in [6, 6.07) is 10.3. The predicted octanol–water partition coefficient (Wildman–Crippen LogP) is 3.05. The van der Waals surface area contributed by atoms with E-state index < -0.39 is 27.9 Å². The van der Waals surface area contributed by atoms with Crippen molar-refractivity contribution in [2.75, 3.05) is 26.7 Å². The van der Waals surface area contributed by atoms with Gasteiger partial charge < -0.3 is 14.8 Å². The number of hydrogen-bond acceptors (Lipinski definition) is 5. The molecule has 10 heteroatoms. The van der Waals surface area contributed by atoms with E-state index in [4.69, 9.17) is 9.47 Å². The van der Waals surface area contributed by atoms with E-state index in [1.165, 1.54) is 31.4 Å². The molecule has 1 unspecified atom stereocenters. The average molecular weight is 444 g/mol. The Morgan fingerprint density at radius 3 is 2.27 bits per heavy atom. The minimum absolute atomic E-state index is 0.0122. The molecule has 2 atom stereocenters. The Morgan fingerprint density at radius 1 is 1.10 bits per heavy atom. The largest absolute Gasteiger partial charge is 0.497 e. The first-order valence-corrected chi connectivity index (χ1v) is 10.9. The number of hydrogen-bond donors (Lipinski definition) is 2. The maximum atomic E-state index is 12.8. The number of ether oxygens (including phenoxy) is 2. The summed E-state index contributed by atoms with van der Waals surface area (Å²) in [6.45, 7) is 1.39. The highest BCUT2D eigenvalue weighted by molar-refractivity contribution is 7.89. The second-order valence-electron chi connectivity index (χ2n) is 6.96. The Labute approximate surface area is 173 Å². The first-order chi connectivity index (χ1) is 14.2. The van der Waals surface area contributed by atoms with Crippen molar-refractivity contribution in [3.05, 3.63) is 54.1 Å². The number of rotatable bonds is 8. The molecule has 164 valence electrons. The van der Waals surface area contributed by atoms with Gasteiger partial charge in [-0.05, 0) is 61.5 Å². The van der Waals surface area contributed by atoms with Gasteiger partial charge in [0, 0.05) is 19.0 Å². The van der Waals surface area contributed by atoms with E-state index >= 15 is 0 Å². The molecule has 1 aliphatic rings. The average Bonchev–Trinajstić information content (AvgIpc) is 3.25. The van der Waals surface area contributed by atoms with Gasteiger partial charge in [0.15, 0.2) is 0 Å². The third kappa shape index (κ3) is 5.65. The zero-order chi connectivity index (χ0) is 21.8. The summed E-state index contributed by atoms with van der Waals surface area (Å²) in [5.41, 5.74) is -0.769. The molecule has 0 aliphatic carbocycles. The molecule has 2 N–H and O–H groups in total. The van der Waals surface area contributed by atoms with Crippen LogP contribution in [0.25, 0.3) is 0 Å². The van der Waals surface area contributed by atoms with Gasteiger partial charge in [-0.15, -0.1) is 0 Å². The fraction of sp³-hybridized carbons (Fsp3) is 0.400. The summed E-state index contributed by atoms with van der Waals surface area (Å²) >= 11 is 0. The molecule has 2 aromatic rings. The number of sulfonamides is 1. The second-order valence-corrected chi connectivity index (χ2v) is 8.73. The van der Waals surface area contributed by atoms with E-state index in [9.17, 15) is 21.6 Å². The molecule has 3 rings (SSSR count). The van der Waals surface area contributed by atoms with Crippen molar-refractivity contribution in [1.29, 1.82) is 0 Å². The SMILES string of the molecule is COc1ccc(S(=O)(=O)NC[C@@H](Oc2ccc(C(F)(F)F)cc2)C2CCNC2)cc1. The van der Waals surface area contributed by atoms with Gasteiger partial charge in [0.25, 0.3) is 0 Å². The predicted molar refractivity (Wildman–Crippen MR) is 105 cm³/mol. The van der Waals surface area contributed by atoms with Crippen molar-refractivity contribution in [1.82, 2.24) is 10.0 Å². The smallest absolute Gasteiger partial charge is 0.416 e. The second kappa shape index (κ2) is 9.23. The molecule has 6 nitrogen and oxygen atoms in total. The first kappa shape index (κ1) is 22.4. The first-order valence-electron chi connectivity index (χ1n) is 9.37. The van der Waals surface area contributed by atoms with Gasteiger partial charge in [0.1, 0.15) is 17.6 Å². The molecule has 1 aliphatic heterocycles. The molecule has 0 aromatic heterocycles. The summed E-state index contributed by atoms with van der Waals surface area (Å²) in [5, 5.41) is 3.19. The highest BCUT2D eigenvalue weighted by Gasteiger charge is 2.31. The number of benzene rings is 2. The summed E-state index contributed by atoms with van der Waals surface area (Å²) < 4.78 is 76.9. The van der Waals surface area contributed by atoms with Crippen molar-refractivity contribution in [2.45, 2.75) is 23.6 Å². The van der Waals surface area contributed by atoms with E-state index in [0.717, 1.165) is 25.1 Å². The van der Waals surface area contributed by atoms with E-state index in [2.05, 4.69) is 10.0 Å². The Kier molecular flexibility index (Phi) is 6.89. The van der Waals surface area contributed by atoms with Gasteiger partial charge >= 0.3 is 6.18 Å². The molecule has 0 saturated carbocycles. The van der Waals surface area contributed by atoms with Crippen LogP contribution in [0.2, 0.25) is 0 Å². The molecule has 1 heterocycles. The van der Waals surface area contributed by atoms with E-state index in [1.807, 2.05) is 0 Å². The molecule has 30 heavy (non-hydrogen) atoms. The van der Waals surface area contributed by atoms with E-state index in [1.54, 1.807) is 12.1 Å². The molecule has 1 saturated heterocycles. The molecule has 2 aromatic carbocycles. The molecular weight excluding hydrogens is 421 g/mol. The number of nitrogens with one attached hydrogen (secondary N) is 2. The Hall–Kier alpha value is -2.30. The highest BCUT2D eigenvalue weighted by Crippen LogP contribution is 2.31. The summed E-state index contributed by atoms with van der Waals surface area (Å²) in [5.74, 6) is 0.809. The van der Waals surface area contributed by atoms with Crippen LogP contribution in [-0.4, -0.2) is 41.3 Å². The standard InChI is InChI=1S/C20H23F3N2O4S/c1-28-16-6-8-18(9-7-16)30(26,27)25-13-19(14-10-11-24-12-14)29-17-4-2-15(3-5-17)20(21,22)23/h2-9,14,19,24-25H,10-13H2,1H3/t14?,19-/m1/s1. The summed E-state index contributed by atoms with van der Waals surface area (Å²) in [7, 11) is -2.30. The van der Waals surface area contributed by atoms with Crippen LogP contribution in [0, 0.1) is 5.92 Å². The lowest BCUT2D eigenvalue weighted by Crippen LogP contribution is -2.40. The molecular formula is C20H23F3N2O4S. The Balaban J connectivity index is 1.71. The minimum atomic E-state index is -4.43. The van der Waals surface area contributed by atoms with Gasteiger partial charge in [-0.2, -0.15) is 13.2 Å². The molecule has 0 spiro atoms. The molecule has 0 bridgehead atoms. The lowest BCUT2D eigenvalue weighted by atomic mass is 10.0. The van der Waals surface area contributed by atoms with Crippen molar-refractivity contribution < 1.29 is 31.1 Å². The third-order valence-electron chi connectivity index (χ3n) is 4.94. The Morgan fingerprint density at radius 2 is 1.73 bits per heavy atom. The van der Waals surface area contributed by atoms with Crippen LogP contribution in [0.15, 0.2) is 53.4 Å². The molecule has 0 radical (unpaired) electrons. The van der Waals surface area contributed by atoms with Crippen LogP contribution in [0.5, 0.6) is 11.5 Å². The summed E-state index contributed by atoms with van der Waals surface area (Å²) in [4.78, 5) is 0.0844. The van der Waals surface area contributed by atoms with Crippen LogP contribution >= 0.6 is 0 Å². The lowest BCUT2D eigenvalue weighted by Gasteiger charge is -2.25. The summed E-state index contributed by atoms with van der Waals surface area (Å²) in [6.07, 6.45) is -4.19. The Bertz CT molecular complexity index is 926. The lowest BCUT2D eigenvalue weighted by molar-refractivity contribution is -0.137. The fourth-order valence-electron chi connectivity index (χ4n) is 3.23. The maximum Gasteiger partial charge on any atom is 0.416 e. The normalized spacial score (nSPS) is 18.2. The fourth-order valence-corrected chi connectivity index (χ4v) is 4.27. The number of methoxy groups -OCH3 is 1. The quantitative estimate of drug-likeness (QED) is 0.655. The van der Waals surface area contributed by atoms with Crippen molar-refractivity contribution in [3.63, 3.8) is 0 Å². The topological polar surface area (TPSA) is 76.7 Å². The zero-order valence-electron chi connectivity index (χ0n) is 16.3. The van der Waals surface area contributed by atoms with Crippen LogP contribution in [0.3, 0.4) is 0 Å². The van der Waals surface area contributed by atoms with Crippen LogP contribution in [-0.2, 0) is 16.2 Å². The number of alkyl halides is 3. The molecule has 0 amide bonds. The van der Waals surface area contributed by atoms with Crippen molar-refractivity contribution in [2.24, 2.45) is 5.92 Å². The zero-order valence-corrected chi connectivity index (χ0v) is 17.1. The van der Waals surface area contributed by atoms with Crippen LogP contribution < -0.4 is 19.5 Å².